The maximum atomic E-state index is 10.9. The summed E-state index contributed by atoms with van der Waals surface area (Å²) < 4.78 is 4.97. The molecule has 5 nitrogen and oxygen atoms in total. The molecule has 0 saturated carbocycles. The Balaban J connectivity index is 2.37. The van der Waals surface area contributed by atoms with Crippen LogP contribution in [-0.4, -0.2) is 16.2 Å². The van der Waals surface area contributed by atoms with E-state index < -0.39 is 11.7 Å². The van der Waals surface area contributed by atoms with E-state index >= 15 is 0 Å². The Kier molecular flexibility index (Phi) is 2.74. The Morgan fingerprint density at radius 1 is 1.35 bits per heavy atom. The van der Waals surface area contributed by atoms with Gasteiger partial charge < -0.3 is 19.9 Å². The third-order valence-corrected chi connectivity index (χ3v) is 2.38. The second-order valence-corrected chi connectivity index (χ2v) is 3.57. The predicted molar refractivity (Wildman–Crippen MR) is 61.8 cm³/mol. The Morgan fingerprint density at radius 3 is 2.71 bits per heavy atom. The minimum atomic E-state index is -1.24. The number of aromatic hydroxyl groups is 1. The van der Waals surface area contributed by atoms with E-state index in [0.29, 0.717) is 0 Å². The molecular formula is C12H11NO4. The number of nitrogens with one attached hydrogen (secondary N) is 1. The standard InChI is InChI=1S/C12H11NO4/c1-7-4-2-3-5-8(7)13-11-10(12(15)16)9(14)6-17-11/h2-6,13-14H,1H3,(H,15,16). The summed E-state index contributed by atoms with van der Waals surface area (Å²) >= 11 is 0. The number of anilines is 2. The monoisotopic (exact) mass is 233 g/mol. The van der Waals surface area contributed by atoms with E-state index in [4.69, 9.17) is 9.52 Å². The summed E-state index contributed by atoms with van der Waals surface area (Å²) in [5.74, 6) is -1.62. The minimum absolute atomic E-state index is 0.0179. The normalized spacial score (nSPS) is 10.2. The summed E-state index contributed by atoms with van der Waals surface area (Å²) in [6.45, 7) is 1.88. The van der Waals surface area contributed by atoms with Gasteiger partial charge in [0.25, 0.3) is 0 Å². The van der Waals surface area contributed by atoms with Crippen LogP contribution in [0.3, 0.4) is 0 Å². The molecule has 1 heterocycles. The SMILES string of the molecule is Cc1ccccc1Nc1occ(O)c1C(=O)O. The zero-order chi connectivity index (χ0) is 12.4. The lowest BCUT2D eigenvalue weighted by molar-refractivity contribution is 0.0695. The number of benzene rings is 1. The number of rotatable bonds is 3. The molecule has 0 atom stereocenters. The van der Waals surface area contributed by atoms with Gasteiger partial charge in [0.2, 0.25) is 5.88 Å². The summed E-state index contributed by atoms with van der Waals surface area (Å²) in [6.07, 6.45) is 0.990. The van der Waals surface area contributed by atoms with E-state index in [2.05, 4.69) is 5.32 Å². The van der Waals surface area contributed by atoms with Crippen molar-refractivity contribution in [1.29, 1.82) is 0 Å². The van der Waals surface area contributed by atoms with Crippen LogP contribution in [0, 0.1) is 6.92 Å². The lowest BCUT2D eigenvalue weighted by Gasteiger charge is -2.06. The van der Waals surface area contributed by atoms with Crippen molar-refractivity contribution in [2.75, 3.05) is 5.32 Å². The van der Waals surface area contributed by atoms with E-state index in [9.17, 15) is 9.90 Å². The molecule has 0 bridgehead atoms. The third-order valence-electron chi connectivity index (χ3n) is 2.38. The van der Waals surface area contributed by atoms with Crippen molar-refractivity contribution >= 4 is 17.5 Å². The highest BCUT2D eigenvalue weighted by atomic mass is 16.4. The number of carboxylic acids is 1. The molecule has 1 aromatic heterocycles. The van der Waals surface area contributed by atoms with Gasteiger partial charge in [-0.1, -0.05) is 18.2 Å². The Hall–Kier alpha value is -2.43. The molecule has 0 amide bonds. The van der Waals surface area contributed by atoms with Gasteiger partial charge in [0.15, 0.2) is 11.3 Å². The van der Waals surface area contributed by atoms with Gasteiger partial charge in [-0.25, -0.2) is 4.79 Å². The van der Waals surface area contributed by atoms with Crippen molar-refractivity contribution in [3.05, 3.63) is 41.7 Å². The lowest BCUT2D eigenvalue weighted by atomic mass is 10.2. The van der Waals surface area contributed by atoms with Crippen LogP contribution in [0.2, 0.25) is 0 Å². The third kappa shape index (κ3) is 2.08. The van der Waals surface area contributed by atoms with Gasteiger partial charge in [0.05, 0.1) is 0 Å². The molecule has 2 aromatic rings. The van der Waals surface area contributed by atoms with Gasteiger partial charge in [0, 0.05) is 5.69 Å². The largest absolute Gasteiger partial charge is 0.504 e. The van der Waals surface area contributed by atoms with E-state index in [0.717, 1.165) is 17.5 Å². The van der Waals surface area contributed by atoms with Gasteiger partial charge in [-0.05, 0) is 18.6 Å². The van der Waals surface area contributed by atoms with E-state index in [1.807, 2.05) is 25.1 Å². The second kappa shape index (κ2) is 4.21. The van der Waals surface area contributed by atoms with Crippen molar-refractivity contribution in [2.24, 2.45) is 0 Å². The average Bonchev–Trinajstić information content (AvgIpc) is 2.63. The number of aryl methyl sites for hydroxylation is 1. The highest BCUT2D eigenvalue weighted by Gasteiger charge is 2.20. The first-order chi connectivity index (χ1) is 8.09. The molecule has 1 aromatic carbocycles. The maximum Gasteiger partial charge on any atom is 0.345 e. The number of aromatic carboxylic acids is 1. The molecule has 0 fully saturated rings. The fraction of sp³-hybridized carbons (Fsp3) is 0.0833. The lowest BCUT2D eigenvalue weighted by Crippen LogP contribution is -2.00. The summed E-state index contributed by atoms with van der Waals surface area (Å²) in [5.41, 5.74) is 1.40. The van der Waals surface area contributed by atoms with Gasteiger partial charge >= 0.3 is 5.97 Å². The van der Waals surface area contributed by atoms with Crippen molar-refractivity contribution < 1.29 is 19.4 Å². The zero-order valence-corrected chi connectivity index (χ0v) is 9.10. The molecule has 88 valence electrons. The van der Waals surface area contributed by atoms with E-state index in [1.54, 1.807) is 6.07 Å². The van der Waals surface area contributed by atoms with Crippen molar-refractivity contribution in [3.63, 3.8) is 0 Å². The van der Waals surface area contributed by atoms with Crippen LogP contribution in [0.4, 0.5) is 11.6 Å². The fourth-order valence-electron chi connectivity index (χ4n) is 1.48. The molecule has 0 radical (unpaired) electrons. The first-order valence-corrected chi connectivity index (χ1v) is 4.96. The molecule has 2 rings (SSSR count). The van der Waals surface area contributed by atoms with Crippen LogP contribution in [-0.2, 0) is 0 Å². The summed E-state index contributed by atoms with van der Waals surface area (Å²) in [5, 5.41) is 21.1. The molecule has 0 aliphatic rings. The summed E-state index contributed by atoms with van der Waals surface area (Å²) in [7, 11) is 0. The molecule has 5 heteroatoms. The van der Waals surface area contributed by atoms with E-state index in [1.165, 1.54) is 0 Å². The van der Waals surface area contributed by atoms with Crippen LogP contribution in [0.15, 0.2) is 34.9 Å². The number of hydrogen-bond donors (Lipinski definition) is 3. The van der Waals surface area contributed by atoms with Gasteiger partial charge in [0.1, 0.15) is 6.26 Å². The van der Waals surface area contributed by atoms with Crippen LogP contribution >= 0.6 is 0 Å². The van der Waals surface area contributed by atoms with Gasteiger partial charge in [-0.2, -0.15) is 0 Å². The molecule has 0 aliphatic carbocycles. The van der Waals surface area contributed by atoms with Crippen LogP contribution in [0.1, 0.15) is 15.9 Å². The first-order valence-electron chi connectivity index (χ1n) is 4.96. The molecule has 3 N–H and O–H groups in total. The smallest absolute Gasteiger partial charge is 0.345 e. The van der Waals surface area contributed by atoms with E-state index in [-0.39, 0.29) is 11.4 Å². The maximum absolute atomic E-state index is 10.9. The molecular weight excluding hydrogens is 222 g/mol. The molecule has 0 spiro atoms. The second-order valence-electron chi connectivity index (χ2n) is 3.57. The Labute approximate surface area is 97.3 Å². The fourth-order valence-corrected chi connectivity index (χ4v) is 1.48. The number of carbonyl (C=O) groups is 1. The van der Waals surface area contributed by atoms with Crippen LogP contribution in [0.25, 0.3) is 0 Å². The van der Waals surface area contributed by atoms with Crippen molar-refractivity contribution in [2.45, 2.75) is 6.92 Å². The highest BCUT2D eigenvalue weighted by Crippen LogP contribution is 2.31. The summed E-state index contributed by atoms with van der Waals surface area (Å²) in [6, 6.07) is 7.36. The Morgan fingerprint density at radius 2 is 2.06 bits per heavy atom. The molecule has 0 unspecified atom stereocenters. The Bertz CT molecular complexity index is 559. The van der Waals surface area contributed by atoms with Gasteiger partial charge in [-0.3, -0.25) is 0 Å². The number of para-hydroxylation sites is 1. The highest BCUT2D eigenvalue weighted by molar-refractivity contribution is 5.96. The number of furan rings is 1. The zero-order valence-electron chi connectivity index (χ0n) is 9.10. The predicted octanol–water partition coefficient (Wildman–Crippen LogP) is 2.74. The van der Waals surface area contributed by atoms with Crippen LogP contribution < -0.4 is 5.32 Å². The summed E-state index contributed by atoms with van der Waals surface area (Å²) in [4.78, 5) is 10.9. The quantitative estimate of drug-likeness (QED) is 0.759. The molecule has 0 saturated heterocycles. The average molecular weight is 233 g/mol. The van der Waals surface area contributed by atoms with Crippen LogP contribution in [0.5, 0.6) is 5.75 Å². The first kappa shape index (κ1) is 11.1. The topological polar surface area (TPSA) is 82.7 Å². The molecule has 0 aliphatic heterocycles. The minimum Gasteiger partial charge on any atom is -0.504 e. The number of carboxylic acid groups (broad SMARTS) is 1. The van der Waals surface area contributed by atoms with Gasteiger partial charge in [-0.15, -0.1) is 0 Å². The number of hydrogen-bond acceptors (Lipinski definition) is 4. The van der Waals surface area contributed by atoms with Crippen molar-refractivity contribution in [1.82, 2.24) is 0 Å². The molecule has 17 heavy (non-hydrogen) atoms. The van der Waals surface area contributed by atoms with Crippen molar-refractivity contribution in [3.8, 4) is 5.75 Å².